The van der Waals surface area contributed by atoms with Crippen molar-refractivity contribution in [3.8, 4) is 0 Å². The van der Waals surface area contributed by atoms with Crippen molar-refractivity contribution in [3.05, 3.63) is 33.1 Å². The van der Waals surface area contributed by atoms with Crippen molar-refractivity contribution in [2.45, 2.75) is 90.4 Å². The summed E-state index contributed by atoms with van der Waals surface area (Å²) >= 11 is 0. The first kappa shape index (κ1) is 21.1. The standard InChI is InChI=1S/C19H34N2O4Si/c1-9-19(10-2)13(3)15(25-26(7,8)18(4,5)6)16(24-19)21-12-11-14(22)20-17(21)23/h11-13,15-16H,9-10H2,1-8H3,(H,20,22,23)/t13-,15?,16+/m0/s1. The van der Waals surface area contributed by atoms with Crippen molar-refractivity contribution in [1.29, 1.82) is 0 Å². The molecule has 0 bridgehead atoms. The smallest absolute Gasteiger partial charge is 0.330 e. The molecule has 0 radical (unpaired) electrons. The summed E-state index contributed by atoms with van der Waals surface area (Å²) < 4.78 is 14.7. The van der Waals surface area contributed by atoms with Crippen LogP contribution in [0.25, 0.3) is 0 Å². The highest BCUT2D eigenvalue weighted by atomic mass is 28.4. The number of nitrogens with zero attached hydrogens (tertiary/aromatic N) is 1. The zero-order chi connectivity index (χ0) is 19.9. The number of rotatable bonds is 5. The van der Waals surface area contributed by atoms with Crippen molar-refractivity contribution in [2.24, 2.45) is 5.92 Å². The predicted octanol–water partition coefficient (Wildman–Crippen LogP) is 3.65. The van der Waals surface area contributed by atoms with Crippen LogP contribution in [0.3, 0.4) is 0 Å². The molecule has 0 saturated carbocycles. The summed E-state index contributed by atoms with van der Waals surface area (Å²) in [7, 11) is -2.07. The van der Waals surface area contributed by atoms with E-state index in [0.29, 0.717) is 0 Å². The molecular formula is C19H34N2O4Si. The number of nitrogens with one attached hydrogen (secondary N) is 1. The summed E-state index contributed by atoms with van der Waals surface area (Å²) in [5.74, 6) is 0.135. The Morgan fingerprint density at radius 3 is 2.31 bits per heavy atom. The fourth-order valence-electron chi connectivity index (χ4n) is 3.54. The second-order valence-corrected chi connectivity index (χ2v) is 13.7. The highest BCUT2D eigenvalue weighted by Gasteiger charge is 2.54. The van der Waals surface area contributed by atoms with Gasteiger partial charge in [0.25, 0.3) is 5.56 Å². The summed E-state index contributed by atoms with van der Waals surface area (Å²) in [5.41, 5.74) is -1.20. The molecule has 1 unspecified atom stereocenters. The maximum Gasteiger partial charge on any atom is 0.330 e. The van der Waals surface area contributed by atoms with Crippen molar-refractivity contribution >= 4 is 8.32 Å². The van der Waals surface area contributed by atoms with E-state index in [4.69, 9.17) is 9.16 Å². The minimum absolute atomic E-state index is 0.0525. The molecule has 0 amide bonds. The molecule has 2 heterocycles. The van der Waals surface area contributed by atoms with Gasteiger partial charge in [-0.15, -0.1) is 0 Å². The number of H-pyrrole nitrogens is 1. The minimum Gasteiger partial charge on any atom is -0.409 e. The van der Waals surface area contributed by atoms with E-state index >= 15 is 0 Å². The van der Waals surface area contributed by atoms with Crippen LogP contribution in [0.4, 0.5) is 0 Å². The molecule has 1 N–H and O–H groups in total. The zero-order valence-electron chi connectivity index (χ0n) is 17.4. The lowest BCUT2D eigenvalue weighted by atomic mass is 9.83. The van der Waals surface area contributed by atoms with Crippen LogP contribution in [-0.2, 0) is 9.16 Å². The van der Waals surface area contributed by atoms with Gasteiger partial charge >= 0.3 is 5.69 Å². The molecule has 1 aliphatic rings. The van der Waals surface area contributed by atoms with Gasteiger partial charge in [-0.1, -0.05) is 41.5 Å². The van der Waals surface area contributed by atoms with E-state index in [1.54, 1.807) is 0 Å². The first-order valence-corrected chi connectivity index (χ1v) is 12.5. The lowest BCUT2D eigenvalue weighted by Crippen LogP contribution is -2.48. The van der Waals surface area contributed by atoms with Crippen LogP contribution in [0.2, 0.25) is 18.1 Å². The van der Waals surface area contributed by atoms with Crippen LogP contribution < -0.4 is 11.2 Å². The van der Waals surface area contributed by atoms with Crippen LogP contribution in [0, 0.1) is 5.92 Å². The fraction of sp³-hybridized carbons (Fsp3) is 0.789. The van der Waals surface area contributed by atoms with Crippen LogP contribution >= 0.6 is 0 Å². The maximum atomic E-state index is 12.4. The molecule has 2 rings (SSSR count). The maximum absolute atomic E-state index is 12.4. The van der Waals surface area contributed by atoms with E-state index in [2.05, 4.69) is 59.6 Å². The number of ether oxygens (including phenoxy) is 1. The molecule has 1 saturated heterocycles. The zero-order valence-corrected chi connectivity index (χ0v) is 18.4. The van der Waals surface area contributed by atoms with Crippen molar-refractivity contribution in [2.75, 3.05) is 0 Å². The molecule has 1 aromatic rings. The summed E-state index contributed by atoms with van der Waals surface area (Å²) in [6.45, 7) is 17.4. The molecular weight excluding hydrogens is 348 g/mol. The number of aromatic nitrogens is 2. The second kappa shape index (κ2) is 7.09. The van der Waals surface area contributed by atoms with E-state index < -0.39 is 25.8 Å². The highest BCUT2D eigenvalue weighted by Crippen LogP contribution is 2.49. The Bertz CT molecular complexity index is 743. The average Bonchev–Trinajstić information content (AvgIpc) is 2.79. The van der Waals surface area contributed by atoms with E-state index in [0.717, 1.165) is 12.8 Å². The summed E-state index contributed by atoms with van der Waals surface area (Å²) in [6, 6.07) is 1.36. The third kappa shape index (κ3) is 3.61. The van der Waals surface area contributed by atoms with E-state index in [1.165, 1.54) is 16.8 Å². The molecule has 26 heavy (non-hydrogen) atoms. The van der Waals surface area contributed by atoms with Crippen molar-refractivity contribution < 1.29 is 9.16 Å². The molecule has 0 aliphatic carbocycles. The number of aromatic amines is 1. The van der Waals surface area contributed by atoms with E-state index in [1.807, 2.05) is 0 Å². The number of hydrogen-bond acceptors (Lipinski definition) is 4. The molecule has 7 heteroatoms. The summed E-state index contributed by atoms with van der Waals surface area (Å²) in [5, 5.41) is 0.0525. The molecule has 1 fully saturated rings. The average molecular weight is 383 g/mol. The van der Waals surface area contributed by atoms with Gasteiger partial charge in [-0.25, -0.2) is 4.79 Å². The molecule has 3 atom stereocenters. The Balaban J connectivity index is 2.52. The van der Waals surface area contributed by atoms with E-state index in [9.17, 15) is 9.59 Å². The topological polar surface area (TPSA) is 73.3 Å². The first-order chi connectivity index (χ1) is 11.9. The van der Waals surface area contributed by atoms with Crippen molar-refractivity contribution in [1.82, 2.24) is 9.55 Å². The van der Waals surface area contributed by atoms with Gasteiger partial charge in [0.05, 0.1) is 11.7 Å². The highest BCUT2D eigenvalue weighted by molar-refractivity contribution is 6.74. The van der Waals surface area contributed by atoms with Crippen molar-refractivity contribution in [3.63, 3.8) is 0 Å². The Hall–Kier alpha value is -1.18. The lowest BCUT2D eigenvalue weighted by molar-refractivity contribution is -0.0970. The third-order valence-electron chi connectivity index (χ3n) is 6.52. The van der Waals surface area contributed by atoms with Gasteiger partial charge in [-0.2, -0.15) is 0 Å². The van der Waals surface area contributed by atoms with Crippen LogP contribution in [0.1, 0.15) is 60.6 Å². The minimum atomic E-state index is -2.07. The van der Waals surface area contributed by atoms with Gasteiger partial charge in [0, 0.05) is 18.2 Å². The third-order valence-corrected chi connectivity index (χ3v) is 11.0. The molecule has 0 aromatic carbocycles. The van der Waals surface area contributed by atoms with Crippen LogP contribution in [0.5, 0.6) is 0 Å². The lowest BCUT2D eigenvalue weighted by Gasteiger charge is -2.41. The molecule has 1 aliphatic heterocycles. The molecule has 0 spiro atoms. The van der Waals surface area contributed by atoms with Gasteiger partial charge in [-0.3, -0.25) is 14.3 Å². The predicted molar refractivity (Wildman–Crippen MR) is 106 cm³/mol. The Morgan fingerprint density at radius 2 is 1.85 bits per heavy atom. The van der Waals surface area contributed by atoms with Gasteiger partial charge in [-0.05, 0) is 31.0 Å². The SMILES string of the molecule is CCC1(CC)O[C@@H](n2ccc(=O)[nH]c2=O)C(O[Si](C)(C)C(C)(C)C)[C@@H]1C. The molecule has 1 aromatic heterocycles. The van der Waals surface area contributed by atoms with Gasteiger partial charge < -0.3 is 9.16 Å². The largest absolute Gasteiger partial charge is 0.409 e. The fourth-order valence-corrected chi connectivity index (χ4v) is 4.90. The molecule has 6 nitrogen and oxygen atoms in total. The second-order valence-electron chi connectivity index (χ2n) is 8.93. The quantitative estimate of drug-likeness (QED) is 0.789. The van der Waals surface area contributed by atoms with Gasteiger partial charge in [0.1, 0.15) is 0 Å². The van der Waals surface area contributed by atoms with Gasteiger partial charge in [0.2, 0.25) is 0 Å². The normalized spacial score (nSPS) is 26.2. The molecule has 148 valence electrons. The Kier molecular flexibility index (Phi) is 5.76. The monoisotopic (exact) mass is 382 g/mol. The number of hydrogen-bond donors (Lipinski definition) is 1. The first-order valence-electron chi connectivity index (χ1n) is 9.55. The Morgan fingerprint density at radius 1 is 1.27 bits per heavy atom. The van der Waals surface area contributed by atoms with Crippen LogP contribution in [0.15, 0.2) is 21.9 Å². The summed E-state index contributed by atoms with van der Waals surface area (Å²) in [4.78, 5) is 26.2. The Labute approximate surface area is 157 Å². The van der Waals surface area contributed by atoms with Crippen LogP contribution in [-0.4, -0.2) is 29.6 Å². The van der Waals surface area contributed by atoms with Gasteiger partial charge in [0.15, 0.2) is 14.5 Å². The summed E-state index contributed by atoms with van der Waals surface area (Å²) in [6.07, 6.45) is 2.43. The van der Waals surface area contributed by atoms with E-state index in [-0.39, 0.29) is 22.7 Å².